The summed E-state index contributed by atoms with van der Waals surface area (Å²) in [7, 11) is 0. The molecule has 84 valence electrons. The van der Waals surface area contributed by atoms with E-state index in [1.807, 2.05) is 12.2 Å². The van der Waals surface area contributed by atoms with Gasteiger partial charge in [0.25, 0.3) is 12.7 Å². The predicted molar refractivity (Wildman–Crippen MR) is 54.3 cm³/mol. The molecule has 8 nitrogen and oxygen atoms in total. The van der Waals surface area contributed by atoms with Crippen molar-refractivity contribution in [3.8, 4) is 0 Å². The SMILES string of the molecule is N[n+]1cnn(C/C=C\Cn2c[n+](N)cn2)c1. The molecular formula is C8H14N8+2. The first-order valence-electron chi connectivity index (χ1n) is 4.76. The molecule has 0 radical (unpaired) electrons. The van der Waals surface area contributed by atoms with E-state index >= 15 is 0 Å². The highest BCUT2D eigenvalue weighted by atomic mass is 15.4. The summed E-state index contributed by atoms with van der Waals surface area (Å²) >= 11 is 0. The molecule has 0 aliphatic carbocycles. The molecule has 0 aliphatic heterocycles. The molecular weight excluding hydrogens is 208 g/mol. The molecule has 0 unspecified atom stereocenters. The molecule has 0 aliphatic rings. The monoisotopic (exact) mass is 222 g/mol. The first kappa shape index (κ1) is 10.1. The van der Waals surface area contributed by atoms with Gasteiger partial charge in [0.05, 0.1) is 0 Å². The molecule has 16 heavy (non-hydrogen) atoms. The highest BCUT2D eigenvalue weighted by Gasteiger charge is 2.01. The average molecular weight is 222 g/mol. The van der Waals surface area contributed by atoms with Gasteiger partial charge < -0.3 is 0 Å². The normalized spacial score (nSPS) is 11.2. The lowest BCUT2D eigenvalue weighted by atomic mass is 10.5. The van der Waals surface area contributed by atoms with Crippen LogP contribution < -0.4 is 21.0 Å². The summed E-state index contributed by atoms with van der Waals surface area (Å²) in [5.74, 6) is 10.9. The van der Waals surface area contributed by atoms with Crippen molar-refractivity contribution in [2.45, 2.75) is 13.1 Å². The third kappa shape index (κ3) is 2.56. The van der Waals surface area contributed by atoms with Gasteiger partial charge in [-0.15, -0.1) is 18.7 Å². The number of hydrogen-bond donors (Lipinski definition) is 2. The fraction of sp³-hybridized carbons (Fsp3) is 0.250. The van der Waals surface area contributed by atoms with Crippen LogP contribution in [-0.4, -0.2) is 19.6 Å². The van der Waals surface area contributed by atoms with Gasteiger partial charge in [0.15, 0.2) is 0 Å². The van der Waals surface area contributed by atoms with Crippen molar-refractivity contribution < 1.29 is 9.35 Å². The molecule has 4 N–H and O–H groups in total. The zero-order chi connectivity index (χ0) is 11.4. The van der Waals surface area contributed by atoms with E-state index in [-0.39, 0.29) is 0 Å². The van der Waals surface area contributed by atoms with Gasteiger partial charge in [-0.25, -0.2) is 0 Å². The Bertz CT molecular complexity index is 437. The quantitative estimate of drug-likeness (QED) is 0.335. The van der Waals surface area contributed by atoms with Crippen LogP contribution in [0.1, 0.15) is 0 Å². The van der Waals surface area contributed by atoms with Crippen LogP contribution in [0.4, 0.5) is 0 Å². The molecule has 8 heteroatoms. The molecule has 0 atom stereocenters. The van der Waals surface area contributed by atoms with Crippen LogP contribution in [0.5, 0.6) is 0 Å². The second-order valence-corrected chi connectivity index (χ2v) is 3.30. The maximum absolute atomic E-state index is 5.46. The minimum absolute atomic E-state index is 0.675. The van der Waals surface area contributed by atoms with E-state index in [2.05, 4.69) is 10.2 Å². The molecule has 0 amide bonds. The molecule has 0 fully saturated rings. The smallest absolute Gasteiger partial charge is 0.286 e. The second-order valence-electron chi connectivity index (χ2n) is 3.30. The summed E-state index contributed by atoms with van der Waals surface area (Å²) in [5, 5.41) is 8.04. The topological polar surface area (TPSA) is 95.4 Å². The summed E-state index contributed by atoms with van der Waals surface area (Å²) in [6.45, 7) is 1.35. The summed E-state index contributed by atoms with van der Waals surface area (Å²) in [4.78, 5) is 0. The van der Waals surface area contributed by atoms with E-state index in [4.69, 9.17) is 11.7 Å². The molecule has 0 saturated heterocycles. The van der Waals surface area contributed by atoms with Gasteiger partial charge in [0.2, 0.25) is 12.7 Å². The lowest BCUT2D eigenvalue weighted by Crippen LogP contribution is -2.42. The molecule has 2 heterocycles. The van der Waals surface area contributed by atoms with Crippen LogP contribution >= 0.6 is 0 Å². The van der Waals surface area contributed by atoms with Gasteiger partial charge in [-0.3, -0.25) is 11.7 Å². The first-order valence-corrected chi connectivity index (χ1v) is 4.76. The van der Waals surface area contributed by atoms with Gasteiger partial charge in [0, 0.05) is 10.2 Å². The van der Waals surface area contributed by atoms with Crippen molar-refractivity contribution in [3.05, 3.63) is 37.5 Å². The standard InChI is InChI=1S/C8H14N8/c9-13-5-11-15(7-13)3-1-2-4-16-8-14(10)6-12-16/h1-2,5-8H,3-4,9-10H2/q+2/b2-1-. The van der Waals surface area contributed by atoms with Crippen molar-refractivity contribution in [2.24, 2.45) is 0 Å². The second kappa shape index (κ2) is 4.43. The highest BCUT2D eigenvalue weighted by Crippen LogP contribution is 1.84. The average Bonchev–Trinajstić information content (AvgIpc) is 2.83. The Morgan fingerprint density at radius 3 is 1.69 bits per heavy atom. The zero-order valence-electron chi connectivity index (χ0n) is 8.72. The molecule has 2 aromatic heterocycles. The Labute approximate surface area is 92.0 Å². The minimum Gasteiger partial charge on any atom is -0.289 e. The largest absolute Gasteiger partial charge is 0.289 e. The van der Waals surface area contributed by atoms with Crippen molar-refractivity contribution in [3.63, 3.8) is 0 Å². The summed E-state index contributed by atoms with van der Waals surface area (Å²) < 4.78 is 6.25. The molecule has 0 saturated carbocycles. The Balaban J connectivity index is 1.82. The first-order chi connectivity index (χ1) is 7.74. The fourth-order valence-corrected chi connectivity index (χ4v) is 1.23. The van der Waals surface area contributed by atoms with Crippen molar-refractivity contribution in [2.75, 3.05) is 11.7 Å². The Morgan fingerprint density at radius 1 is 0.938 bits per heavy atom. The van der Waals surface area contributed by atoms with E-state index < -0.39 is 0 Å². The van der Waals surface area contributed by atoms with Gasteiger partial charge in [-0.1, -0.05) is 0 Å². The van der Waals surface area contributed by atoms with E-state index in [0.29, 0.717) is 13.1 Å². The van der Waals surface area contributed by atoms with Crippen LogP contribution in [0, 0.1) is 0 Å². The summed E-state index contributed by atoms with van der Waals surface area (Å²) in [6.07, 6.45) is 10.4. The van der Waals surface area contributed by atoms with Crippen LogP contribution in [-0.2, 0) is 13.1 Å². The van der Waals surface area contributed by atoms with Crippen molar-refractivity contribution >= 4 is 0 Å². The third-order valence-corrected chi connectivity index (χ3v) is 1.95. The molecule has 0 bridgehead atoms. The highest BCUT2D eigenvalue weighted by molar-refractivity contribution is 4.81. The number of rotatable bonds is 4. The number of nitrogens with two attached hydrogens (primary N) is 2. The Hall–Kier alpha value is -2.38. The Kier molecular flexibility index (Phi) is 2.81. The maximum atomic E-state index is 5.46. The minimum atomic E-state index is 0.675. The van der Waals surface area contributed by atoms with Crippen molar-refractivity contribution in [1.82, 2.24) is 19.6 Å². The molecule has 2 aromatic rings. The van der Waals surface area contributed by atoms with E-state index in [1.165, 1.54) is 9.35 Å². The number of nitrogen functional groups attached to an aromatic ring is 2. The fourth-order valence-electron chi connectivity index (χ4n) is 1.23. The van der Waals surface area contributed by atoms with Crippen LogP contribution in [0.2, 0.25) is 0 Å². The van der Waals surface area contributed by atoms with Gasteiger partial charge in [-0.2, -0.15) is 0 Å². The maximum Gasteiger partial charge on any atom is 0.286 e. The van der Waals surface area contributed by atoms with Crippen molar-refractivity contribution in [1.29, 1.82) is 0 Å². The lowest BCUT2D eigenvalue weighted by molar-refractivity contribution is -0.639. The van der Waals surface area contributed by atoms with Crippen LogP contribution in [0.25, 0.3) is 0 Å². The summed E-state index contributed by atoms with van der Waals surface area (Å²) in [5.41, 5.74) is 0. The zero-order valence-corrected chi connectivity index (χ0v) is 8.72. The molecule has 0 aromatic carbocycles. The van der Waals surface area contributed by atoms with E-state index in [9.17, 15) is 0 Å². The third-order valence-electron chi connectivity index (χ3n) is 1.95. The number of nitrogens with zero attached hydrogens (tertiary/aromatic N) is 6. The van der Waals surface area contributed by atoms with Crippen LogP contribution in [0.15, 0.2) is 37.5 Å². The lowest BCUT2D eigenvalue weighted by Gasteiger charge is -1.85. The molecule has 2 rings (SSSR count). The Morgan fingerprint density at radius 2 is 1.38 bits per heavy atom. The number of aromatic nitrogens is 6. The summed E-state index contributed by atoms with van der Waals surface area (Å²) in [6, 6.07) is 0. The number of allylic oxidation sites excluding steroid dienone is 2. The van der Waals surface area contributed by atoms with Gasteiger partial charge >= 0.3 is 0 Å². The van der Waals surface area contributed by atoms with Gasteiger partial charge in [-0.05, 0) is 12.2 Å². The molecule has 0 spiro atoms. The van der Waals surface area contributed by atoms with Gasteiger partial charge in [0.1, 0.15) is 13.1 Å². The van der Waals surface area contributed by atoms with Crippen LogP contribution in [0.3, 0.4) is 0 Å². The van der Waals surface area contributed by atoms with E-state index in [0.717, 1.165) is 0 Å². The van der Waals surface area contributed by atoms with E-state index in [1.54, 1.807) is 34.7 Å². The number of hydrogen-bond acceptors (Lipinski definition) is 4. The predicted octanol–water partition coefficient (Wildman–Crippen LogP) is -2.66.